The first-order valence-electron chi connectivity index (χ1n) is 7.41. The fourth-order valence-corrected chi connectivity index (χ4v) is 2.70. The van der Waals surface area contributed by atoms with Crippen LogP contribution in [0, 0.1) is 5.92 Å². The number of amides is 1. The topological polar surface area (TPSA) is 59.6 Å². The van der Waals surface area contributed by atoms with E-state index in [0.29, 0.717) is 13.2 Å². The number of carbonyl (C=O) groups is 1. The highest BCUT2D eigenvalue weighted by atomic mass is 16.5. The van der Waals surface area contributed by atoms with E-state index in [1.807, 2.05) is 38.1 Å². The number of nitrogens with one attached hydrogen (secondary N) is 2. The zero-order valence-corrected chi connectivity index (χ0v) is 12.9. The van der Waals surface area contributed by atoms with Crippen LogP contribution in [0.5, 0.6) is 5.75 Å². The molecule has 5 heteroatoms. The molecule has 1 amide bonds. The highest BCUT2D eigenvalue weighted by molar-refractivity contribution is 5.80. The SMILES string of the molecule is CCNC1COCC1C(=O)N[C@@H](C)c1ccccc1OC. The molecule has 0 spiro atoms. The van der Waals surface area contributed by atoms with Crippen molar-refractivity contribution in [3.8, 4) is 5.75 Å². The van der Waals surface area contributed by atoms with Gasteiger partial charge >= 0.3 is 0 Å². The van der Waals surface area contributed by atoms with Crippen molar-refractivity contribution in [1.82, 2.24) is 10.6 Å². The van der Waals surface area contributed by atoms with Gasteiger partial charge in [0.1, 0.15) is 5.75 Å². The second kappa shape index (κ2) is 7.43. The lowest BCUT2D eigenvalue weighted by Crippen LogP contribution is -2.44. The normalized spacial score (nSPS) is 22.8. The Balaban J connectivity index is 2.01. The molecule has 0 aliphatic carbocycles. The molecule has 1 aliphatic rings. The van der Waals surface area contributed by atoms with Crippen LogP contribution < -0.4 is 15.4 Å². The Kier molecular flexibility index (Phi) is 5.59. The number of benzene rings is 1. The average Bonchev–Trinajstić information content (AvgIpc) is 2.96. The molecular weight excluding hydrogens is 268 g/mol. The third-order valence-electron chi connectivity index (χ3n) is 3.85. The van der Waals surface area contributed by atoms with Crippen molar-refractivity contribution in [3.63, 3.8) is 0 Å². The minimum absolute atomic E-state index is 0.0249. The maximum Gasteiger partial charge on any atom is 0.227 e. The molecule has 116 valence electrons. The average molecular weight is 292 g/mol. The molecule has 2 unspecified atom stereocenters. The van der Waals surface area contributed by atoms with Gasteiger partial charge in [-0.2, -0.15) is 0 Å². The molecule has 2 N–H and O–H groups in total. The number of likely N-dealkylation sites (N-methyl/N-ethyl adjacent to an activating group) is 1. The van der Waals surface area contributed by atoms with Crippen molar-refractivity contribution in [2.24, 2.45) is 5.92 Å². The zero-order chi connectivity index (χ0) is 15.2. The summed E-state index contributed by atoms with van der Waals surface area (Å²) in [6.45, 7) is 5.90. The van der Waals surface area contributed by atoms with E-state index in [1.165, 1.54) is 0 Å². The maximum atomic E-state index is 12.4. The Bertz CT molecular complexity index is 478. The molecule has 1 aromatic rings. The van der Waals surface area contributed by atoms with E-state index in [-0.39, 0.29) is 23.9 Å². The van der Waals surface area contributed by atoms with Gasteiger partial charge in [-0.25, -0.2) is 0 Å². The van der Waals surface area contributed by atoms with Gasteiger partial charge in [-0.1, -0.05) is 25.1 Å². The molecule has 1 saturated heterocycles. The van der Waals surface area contributed by atoms with E-state index in [4.69, 9.17) is 9.47 Å². The number of rotatable bonds is 6. The van der Waals surface area contributed by atoms with Gasteiger partial charge in [-0.15, -0.1) is 0 Å². The standard InChI is InChI=1S/C16H24N2O3/c1-4-17-14-10-21-9-13(14)16(19)18-11(2)12-7-5-6-8-15(12)20-3/h5-8,11,13-14,17H,4,9-10H2,1-3H3,(H,18,19)/t11-,13?,14?/m0/s1. The number of hydrogen-bond donors (Lipinski definition) is 2. The summed E-state index contributed by atoms with van der Waals surface area (Å²) < 4.78 is 10.8. The molecular formula is C16H24N2O3. The molecule has 1 heterocycles. The minimum atomic E-state index is -0.137. The predicted octanol–water partition coefficient (Wildman–Crippen LogP) is 1.50. The number of carbonyl (C=O) groups excluding carboxylic acids is 1. The molecule has 1 aromatic carbocycles. The van der Waals surface area contributed by atoms with E-state index in [9.17, 15) is 4.79 Å². The molecule has 3 atom stereocenters. The van der Waals surface area contributed by atoms with Crippen molar-refractivity contribution in [1.29, 1.82) is 0 Å². The first-order valence-corrected chi connectivity index (χ1v) is 7.41. The van der Waals surface area contributed by atoms with Crippen LogP contribution in [0.4, 0.5) is 0 Å². The first-order chi connectivity index (χ1) is 10.2. The summed E-state index contributed by atoms with van der Waals surface area (Å²) in [4.78, 5) is 12.4. The molecule has 1 fully saturated rings. The second-order valence-corrected chi connectivity index (χ2v) is 5.28. The van der Waals surface area contributed by atoms with Crippen LogP contribution in [-0.4, -0.2) is 38.8 Å². The van der Waals surface area contributed by atoms with Crippen LogP contribution in [0.15, 0.2) is 24.3 Å². The third kappa shape index (κ3) is 3.74. The van der Waals surface area contributed by atoms with Gasteiger partial charge in [0.15, 0.2) is 0 Å². The molecule has 2 rings (SSSR count). The Morgan fingerprint density at radius 3 is 2.90 bits per heavy atom. The number of methoxy groups -OCH3 is 1. The highest BCUT2D eigenvalue weighted by Gasteiger charge is 2.34. The smallest absolute Gasteiger partial charge is 0.227 e. The first kappa shape index (κ1) is 15.8. The predicted molar refractivity (Wildman–Crippen MR) is 81.3 cm³/mol. The largest absolute Gasteiger partial charge is 0.496 e. The maximum absolute atomic E-state index is 12.4. The van der Waals surface area contributed by atoms with Gasteiger partial charge in [-0.05, 0) is 19.5 Å². The van der Waals surface area contributed by atoms with E-state index in [2.05, 4.69) is 10.6 Å². The molecule has 0 bridgehead atoms. The number of ether oxygens (including phenoxy) is 2. The lowest BCUT2D eigenvalue weighted by Gasteiger charge is -2.22. The van der Waals surface area contributed by atoms with Crippen LogP contribution in [-0.2, 0) is 9.53 Å². The van der Waals surface area contributed by atoms with Crippen LogP contribution in [0.3, 0.4) is 0 Å². The van der Waals surface area contributed by atoms with E-state index in [0.717, 1.165) is 17.9 Å². The number of hydrogen-bond acceptors (Lipinski definition) is 4. The van der Waals surface area contributed by atoms with Gasteiger partial charge in [0.05, 0.1) is 32.3 Å². The second-order valence-electron chi connectivity index (χ2n) is 5.28. The summed E-state index contributed by atoms with van der Waals surface area (Å²) in [5, 5.41) is 6.36. The van der Waals surface area contributed by atoms with Crippen LogP contribution in [0.2, 0.25) is 0 Å². The van der Waals surface area contributed by atoms with Gasteiger partial charge in [0.25, 0.3) is 0 Å². The van der Waals surface area contributed by atoms with Gasteiger partial charge in [0, 0.05) is 11.6 Å². The van der Waals surface area contributed by atoms with Crippen LogP contribution >= 0.6 is 0 Å². The number of para-hydroxylation sites is 1. The van der Waals surface area contributed by atoms with E-state index < -0.39 is 0 Å². The third-order valence-corrected chi connectivity index (χ3v) is 3.85. The van der Waals surface area contributed by atoms with Gasteiger partial charge in [-0.3, -0.25) is 4.79 Å². The minimum Gasteiger partial charge on any atom is -0.496 e. The summed E-state index contributed by atoms with van der Waals surface area (Å²) in [7, 11) is 1.64. The fourth-order valence-electron chi connectivity index (χ4n) is 2.70. The van der Waals surface area contributed by atoms with Gasteiger partial charge in [0.2, 0.25) is 5.91 Å². The molecule has 0 aromatic heterocycles. The van der Waals surface area contributed by atoms with E-state index >= 15 is 0 Å². The molecule has 0 saturated carbocycles. The Hall–Kier alpha value is -1.59. The summed E-state index contributed by atoms with van der Waals surface area (Å²) in [6, 6.07) is 7.73. The zero-order valence-electron chi connectivity index (χ0n) is 12.9. The molecule has 21 heavy (non-hydrogen) atoms. The molecule has 1 aliphatic heterocycles. The lowest BCUT2D eigenvalue weighted by atomic mass is 10.0. The Labute approximate surface area is 126 Å². The summed E-state index contributed by atoms with van der Waals surface area (Å²) >= 11 is 0. The highest BCUT2D eigenvalue weighted by Crippen LogP contribution is 2.25. The van der Waals surface area contributed by atoms with Crippen LogP contribution in [0.25, 0.3) is 0 Å². The van der Waals surface area contributed by atoms with E-state index in [1.54, 1.807) is 7.11 Å². The quantitative estimate of drug-likeness (QED) is 0.834. The Morgan fingerprint density at radius 1 is 1.43 bits per heavy atom. The summed E-state index contributed by atoms with van der Waals surface area (Å²) in [5.41, 5.74) is 0.979. The Morgan fingerprint density at radius 2 is 2.19 bits per heavy atom. The van der Waals surface area contributed by atoms with Crippen molar-refractivity contribution in [2.45, 2.75) is 25.9 Å². The van der Waals surface area contributed by atoms with Crippen molar-refractivity contribution < 1.29 is 14.3 Å². The summed E-state index contributed by atoms with van der Waals surface area (Å²) in [5.74, 6) is 0.676. The lowest BCUT2D eigenvalue weighted by molar-refractivity contribution is -0.126. The van der Waals surface area contributed by atoms with Crippen molar-refractivity contribution >= 4 is 5.91 Å². The van der Waals surface area contributed by atoms with Crippen LogP contribution in [0.1, 0.15) is 25.5 Å². The summed E-state index contributed by atoms with van der Waals surface area (Å²) in [6.07, 6.45) is 0. The van der Waals surface area contributed by atoms with Crippen molar-refractivity contribution in [2.75, 3.05) is 26.9 Å². The van der Waals surface area contributed by atoms with Crippen molar-refractivity contribution in [3.05, 3.63) is 29.8 Å². The monoisotopic (exact) mass is 292 g/mol. The van der Waals surface area contributed by atoms with Gasteiger partial charge < -0.3 is 20.1 Å². The fraction of sp³-hybridized carbons (Fsp3) is 0.562. The molecule has 5 nitrogen and oxygen atoms in total. The molecule has 0 radical (unpaired) electrons.